The second-order valence-corrected chi connectivity index (χ2v) is 5.96. The molecule has 0 aliphatic carbocycles. The topological polar surface area (TPSA) is 61.4 Å². The fourth-order valence-electron chi connectivity index (χ4n) is 2.77. The zero-order valence-corrected chi connectivity index (χ0v) is 13.8. The summed E-state index contributed by atoms with van der Waals surface area (Å²) in [5.41, 5.74) is 2.27. The molecule has 0 bridgehead atoms. The predicted octanol–water partition coefficient (Wildman–Crippen LogP) is 3.32. The first-order chi connectivity index (χ1) is 12.1. The average Bonchev–Trinajstić information content (AvgIpc) is 2.61. The van der Waals surface area contributed by atoms with Gasteiger partial charge in [-0.1, -0.05) is 12.1 Å². The third-order valence-corrected chi connectivity index (χ3v) is 4.07. The van der Waals surface area contributed by atoms with E-state index in [9.17, 15) is 14.0 Å². The number of halogens is 1. The van der Waals surface area contributed by atoms with Crippen molar-refractivity contribution in [2.45, 2.75) is 19.3 Å². The van der Waals surface area contributed by atoms with E-state index in [1.807, 2.05) is 12.1 Å². The first-order valence-electron chi connectivity index (χ1n) is 8.31. The van der Waals surface area contributed by atoms with Gasteiger partial charge in [-0.15, -0.1) is 0 Å². The number of anilines is 2. The van der Waals surface area contributed by atoms with Crippen LogP contribution in [0, 0.1) is 5.82 Å². The molecule has 2 aromatic carbocycles. The molecule has 1 saturated heterocycles. The van der Waals surface area contributed by atoms with Gasteiger partial charge >= 0.3 is 6.03 Å². The minimum atomic E-state index is -0.296. The molecule has 1 fully saturated rings. The summed E-state index contributed by atoms with van der Waals surface area (Å²) in [4.78, 5) is 25.5. The summed E-state index contributed by atoms with van der Waals surface area (Å²) in [5, 5.41) is 5.62. The Balaban J connectivity index is 1.54. The second kappa shape index (κ2) is 7.79. The van der Waals surface area contributed by atoms with Crippen LogP contribution < -0.4 is 15.5 Å². The van der Waals surface area contributed by atoms with Crippen molar-refractivity contribution in [3.63, 3.8) is 0 Å². The Morgan fingerprint density at radius 3 is 2.72 bits per heavy atom. The number of carbonyl (C=O) groups excluding carboxylic acids is 2. The summed E-state index contributed by atoms with van der Waals surface area (Å²) in [6.07, 6.45) is 1.67. The van der Waals surface area contributed by atoms with Crippen molar-refractivity contribution < 1.29 is 14.0 Å². The molecule has 5 nitrogen and oxygen atoms in total. The maximum Gasteiger partial charge on any atom is 0.321 e. The highest BCUT2D eigenvalue weighted by Gasteiger charge is 2.18. The number of rotatable bonds is 5. The highest BCUT2D eigenvalue weighted by Crippen LogP contribution is 2.20. The maximum atomic E-state index is 13.1. The predicted molar refractivity (Wildman–Crippen MR) is 95.2 cm³/mol. The summed E-state index contributed by atoms with van der Waals surface area (Å²) < 4.78 is 13.1. The zero-order valence-electron chi connectivity index (χ0n) is 13.8. The Hall–Kier alpha value is -2.89. The van der Waals surface area contributed by atoms with E-state index in [1.54, 1.807) is 29.2 Å². The van der Waals surface area contributed by atoms with Crippen molar-refractivity contribution >= 4 is 23.3 Å². The molecule has 25 heavy (non-hydrogen) atoms. The van der Waals surface area contributed by atoms with Crippen molar-refractivity contribution in [1.82, 2.24) is 5.32 Å². The van der Waals surface area contributed by atoms with Gasteiger partial charge in [0.05, 0.1) is 0 Å². The number of benzene rings is 2. The van der Waals surface area contributed by atoms with Gasteiger partial charge in [-0.25, -0.2) is 9.18 Å². The molecule has 6 heteroatoms. The standard InChI is InChI=1S/C19H20FN3O2/c20-15-4-1-3-14(13-15)5-10-18(24)22-16-6-8-17(9-7-16)23-12-2-11-21-19(23)25/h1,3-4,6-9,13H,2,5,10-12H2,(H,21,25)(H,22,24). The molecule has 0 saturated carbocycles. The summed E-state index contributed by atoms with van der Waals surface area (Å²) in [6, 6.07) is 13.3. The Bertz CT molecular complexity index is 762. The lowest BCUT2D eigenvalue weighted by atomic mass is 10.1. The lowest BCUT2D eigenvalue weighted by Crippen LogP contribution is -2.46. The SMILES string of the molecule is O=C(CCc1cccc(F)c1)Nc1ccc(N2CCCNC2=O)cc1. The van der Waals surface area contributed by atoms with Crippen LogP contribution in [0.3, 0.4) is 0 Å². The Kier molecular flexibility index (Phi) is 5.28. The van der Waals surface area contributed by atoms with Crippen LogP contribution in [0.25, 0.3) is 0 Å². The number of urea groups is 1. The van der Waals surface area contributed by atoms with Gasteiger partial charge in [0.15, 0.2) is 0 Å². The summed E-state index contributed by atoms with van der Waals surface area (Å²) in [5.74, 6) is -0.428. The summed E-state index contributed by atoms with van der Waals surface area (Å²) >= 11 is 0. The van der Waals surface area contributed by atoms with E-state index in [0.29, 0.717) is 25.2 Å². The molecular weight excluding hydrogens is 321 g/mol. The molecule has 1 aliphatic rings. The number of hydrogen-bond acceptors (Lipinski definition) is 2. The number of carbonyl (C=O) groups is 2. The molecule has 130 valence electrons. The number of aryl methyl sites for hydroxylation is 1. The molecular formula is C19H20FN3O2. The van der Waals surface area contributed by atoms with Crippen molar-refractivity contribution in [3.05, 3.63) is 59.9 Å². The van der Waals surface area contributed by atoms with Gasteiger partial charge in [0.2, 0.25) is 5.91 Å². The van der Waals surface area contributed by atoms with Crippen molar-refractivity contribution in [2.24, 2.45) is 0 Å². The number of hydrogen-bond donors (Lipinski definition) is 2. The molecule has 0 atom stereocenters. The Morgan fingerprint density at radius 1 is 1.20 bits per heavy atom. The van der Waals surface area contributed by atoms with E-state index in [2.05, 4.69) is 10.6 Å². The van der Waals surface area contributed by atoms with Crippen LogP contribution in [0.2, 0.25) is 0 Å². The van der Waals surface area contributed by atoms with Crippen LogP contribution in [-0.4, -0.2) is 25.0 Å². The fraction of sp³-hybridized carbons (Fsp3) is 0.263. The van der Waals surface area contributed by atoms with Gasteiger partial charge in [0.25, 0.3) is 0 Å². The van der Waals surface area contributed by atoms with Gasteiger partial charge in [0.1, 0.15) is 5.82 Å². The average molecular weight is 341 g/mol. The van der Waals surface area contributed by atoms with Crippen LogP contribution in [0.1, 0.15) is 18.4 Å². The first kappa shape index (κ1) is 17.0. The number of nitrogens with zero attached hydrogens (tertiary/aromatic N) is 1. The molecule has 1 heterocycles. The van der Waals surface area contributed by atoms with Gasteiger partial charge in [0, 0.05) is 30.9 Å². The molecule has 3 rings (SSSR count). The smallest absolute Gasteiger partial charge is 0.321 e. The van der Waals surface area contributed by atoms with E-state index in [4.69, 9.17) is 0 Å². The summed E-state index contributed by atoms with van der Waals surface area (Å²) in [6.45, 7) is 1.39. The second-order valence-electron chi connectivity index (χ2n) is 5.96. The highest BCUT2D eigenvalue weighted by molar-refractivity contribution is 5.94. The van der Waals surface area contributed by atoms with E-state index in [1.165, 1.54) is 12.1 Å². The molecule has 0 radical (unpaired) electrons. The van der Waals surface area contributed by atoms with E-state index >= 15 is 0 Å². The van der Waals surface area contributed by atoms with Crippen molar-refractivity contribution in [1.29, 1.82) is 0 Å². The van der Waals surface area contributed by atoms with Crippen LogP contribution >= 0.6 is 0 Å². The quantitative estimate of drug-likeness (QED) is 0.876. The first-order valence-corrected chi connectivity index (χ1v) is 8.31. The van der Waals surface area contributed by atoms with Crippen LogP contribution in [0.15, 0.2) is 48.5 Å². The van der Waals surface area contributed by atoms with Crippen molar-refractivity contribution in [3.8, 4) is 0 Å². The molecule has 0 aromatic heterocycles. The molecule has 1 aliphatic heterocycles. The monoisotopic (exact) mass is 341 g/mol. The van der Waals surface area contributed by atoms with Gasteiger partial charge in [-0.05, 0) is 54.8 Å². The molecule has 0 spiro atoms. The highest BCUT2D eigenvalue weighted by atomic mass is 19.1. The van der Waals surface area contributed by atoms with Crippen molar-refractivity contribution in [2.75, 3.05) is 23.3 Å². The lowest BCUT2D eigenvalue weighted by molar-refractivity contribution is -0.116. The third-order valence-electron chi connectivity index (χ3n) is 4.07. The summed E-state index contributed by atoms with van der Waals surface area (Å²) in [7, 11) is 0. The van der Waals surface area contributed by atoms with Gasteiger partial charge < -0.3 is 10.6 Å². The van der Waals surface area contributed by atoms with E-state index < -0.39 is 0 Å². The fourth-order valence-corrected chi connectivity index (χ4v) is 2.77. The van der Waals surface area contributed by atoms with Crippen LogP contribution in [-0.2, 0) is 11.2 Å². The van der Waals surface area contributed by atoms with E-state index in [-0.39, 0.29) is 24.2 Å². The zero-order chi connectivity index (χ0) is 17.6. The molecule has 2 aromatic rings. The Morgan fingerprint density at radius 2 is 2.00 bits per heavy atom. The van der Waals surface area contributed by atoms with E-state index in [0.717, 1.165) is 17.7 Å². The minimum Gasteiger partial charge on any atom is -0.338 e. The normalized spacial score (nSPS) is 14.1. The maximum absolute atomic E-state index is 13.1. The Labute approximate surface area is 145 Å². The number of amides is 3. The molecule has 2 N–H and O–H groups in total. The van der Waals surface area contributed by atoms with Gasteiger partial charge in [-0.2, -0.15) is 0 Å². The minimum absolute atomic E-state index is 0.0990. The lowest BCUT2D eigenvalue weighted by Gasteiger charge is -2.27. The number of nitrogens with one attached hydrogen (secondary N) is 2. The van der Waals surface area contributed by atoms with Crippen LogP contribution in [0.4, 0.5) is 20.6 Å². The molecule has 3 amide bonds. The largest absolute Gasteiger partial charge is 0.338 e. The van der Waals surface area contributed by atoms with Gasteiger partial charge in [-0.3, -0.25) is 9.69 Å². The third kappa shape index (κ3) is 4.56. The molecule has 0 unspecified atom stereocenters. The van der Waals surface area contributed by atoms with Crippen LogP contribution in [0.5, 0.6) is 0 Å².